The Bertz CT molecular complexity index is 1240. The molecule has 11 nitrogen and oxygen atoms in total. The van der Waals surface area contributed by atoms with Crippen LogP contribution in [-0.4, -0.2) is 71.0 Å². The van der Waals surface area contributed by atoms with E-state index in [1.165, 1.54) is 10.9 Å². The van der Waals surface area contributed by atoms with E-state index in [-0.39, 0.29) is 24.3 Å². The lowest BCUT2D eigenvalue weighted by Crippen LogP contribution is -2.53. The molecule has 1 aliphatic carbocycles. The summed E-state index contributed by atoms with van der Waals surface area (Å²) < 4.78 is 1.41. The number of benzene rings is 1. The van der Waals surface area contributed by atoms with Crippen molar-refractivity contribution in [3.05, 3.63) is 47.0 Å². The van der Waals surface area contributed by atoms with Gasteiger partial charge in [-0.2, -0.15) is 10.5 Å². The second kappa shape index (κ2) is 10.2. The van der Waals surface area contributed by atoms with Crippen LogP contribution >= 0.6 is 11.6 Å². The SMILES string of the molecule is C=C(NC1CC1)c1ncc(C#N)n1NC(N)=Nc1cc(C#N)cc(N2CCN(C)C(CO)C2)c1Cl. The second-order valence-electron chi connectivity index (χ2n) is 8.62. The van der Waals surface area contributed by atoms with Gasteiger partial charge in [0.2, 0.25) is 5.96 Å². The molecule has 0 radical (unpaired) electrons. The van der Waals surface area contributed by atoms with Gasteiger partial charge in [0, 0.05) is 25.7 Å². The number of guanidine groups is 1. The summed E-state index contributed by atoms with van der Waals surface area (Å²) in [4.78, 5) is 12.8. The van der Waals surface area contributed by atoms with Crippen molar-refractivity contribution in [3.8, 4) is 12.1 Å². The monoisotopic (exact) mass is 494 g/mol. The number of aliphatic imine (C=N–C) groups is 1. The van der Waals surface area contributed by atoms with E-state index in [1.807, 2.05) is 11.9 Å². The Hall–Kier alpha value is -3.77. The predicted octanol–water partition coefficient (Wildman–Crippen LogP) is 1.31. The average Bonchev–Trinajstić information content (AvgIpc) is 3.57. The highest BCUT2D eigenvalue weighted by molar-refractivity contribution is 6.36. The number of hydrogen-bond acceptors (Lipinski definition) is 8. The minimum Gasteiger partial charge on any atom is -0.395 e. The normalized spacial score (nSPS) is 18.6. The number of nitrogens with one attached hydrogen (secondary N) is 2. The molecule has 2 aromatic rings. The van der Waals surface area contributed by atoms with Gasteiger partial charge in [0.05, 0.1) is 52.6 Å². The molecule has 1 aromatic carbocycles. The van der Waals surface area contributed by atoms with Gasteiger partial charge in [-0.3, -0.25) is 10.3 Å². The van der Waals surface area contributed by atoms with E-state index in [9.17, 15) is 15.6 Å². The van der Waals surface area contributed by atoms with Crippen LogP contribution in [0.5, 0.6) is 0 Å². The number of piperazine rings is 1. The molecule has 1 saturated carbocycles. The molecule has 2 heterocycles. The predicted molar refractivity (Wildman–Crippen MR) is 135 cm³/mol. The number of aromatic nitrogens is 2. The Morgan fingerprint density at radius 3 is 2.77 bits per heavy atom. The zero-order chi connectivity index (χ0) is 25.1. The summed E-state index contributed by atoms with van der Waals surface area (Å²) in [6.07, 6.45) is 3.54. The zero-order valence-corrected chi connectivity index (χ0v) is 20.1. The maximum Gasteiger partial charge on any atom is 0.213 e. The van der Waals surface area contributed by atoms with E-state index in [1.54, 1.807) is 12.1 Å². The topological polar surface area (TPSA) is 155 Å². The number of aliphatic hydroxyl groups excluding tert-OH is 1. The minimum atomic E-state index is -0.0503. The summed E-state index contributed by atoms with van der Waals surface area (Å²) in [5.74, 6) is 0.367. The van der Waals surface area contributed by atoms with Gasteiger partial charge in [-0.1, -0.05) is 18.2 Å². The fourth-order valence-corrected chi connectivity index (χ4v) is 4.17. The second-order valence-corrected chi connectivity index (χ2v) is 9.00. The third-order valence-corrected chi connectivity index (χ3v) is 6.45. The van der Waals surface area contributed by atoms with E-state index >= 15 is 0 Å². The van der Waals surface area contributed by atoms with Gasteiger partial charge in [-0.15, -0.1) is 0 Å². The summed E-state index contributed by atoms with van der Waals surface area (Å²) in [6, 6.07) is 7.77. The van der Waals surface area contributed by atoms with Crippen LogP contribution < -0.4 is 21.4 Å². The maximum absolute atomic E-state index is 9.71. The Labute approximate surface area is 208 Å². The largest absolute Gasteiger partial charge is 0.395 e. The van der Waals surface area contributed by atoms with E-state index in [0.29, 0.717) is 52.6 Å². The lowest BCUT2D eigenvalue weighted by atomic mass is 10.1. The molecular formula is C23H27ClN10O. The van der Waals surface area contributed by atoms with Crippen molar-refractivity contribution in [2.45, 2.75) is 24.9 Å². The van der Waals surface area contributed by atoms with Crippen molar-refractivity contribution in [3.63, 3.8) is 0 Å². The molecule has 1 aromatic heterocycles. The third kappa shape index (κ3) is 5.33. The molecule has 12 heteroatoms. The van der Waals surface area contributed by atoms with Gasteiger partial charge in [-0.25, -0.2) is 14.7 Å². The Balaban J connectivity index is 1.63. The number of nitrogens with two attached hydrogens (primary N) is 1. The zero-order valence-electron chi connectivity index (χ0n) is 19.4. The van der Waals surface area contributed by atoms with Crippen molar-refractivity contribution < 1.29 is 5.11 Å². The molecule has 0 bridgehead atoms. The Morgan fingerprint density at radius 1 is 1.34 bits per heavy atom. The van der Waals surface area contributed by atoms with Crippen LogP contribution in [0.4, 0.5) is 11.4 Å². The molecular weight excluding hydrogens is 468 g/mol. The van der Waals surface area contributed by atoms with Gasteiger partial charge in [0.1, 0.15) is 6.07 Å². The van der Waals surface area contributed by atoms with Crippen LogP contribution in [0.2, 0.25) is 5.02 Å². The van der Waals surface area contributed by atoms with Crippen molar-refractivity contribution >= 4 is 34.6 Å². The number of anilines is 1. The van der Waals surface area contributed by atoms with Crippen molar-refractivity contribution in [1.29, 1.82) is 10.5 Å². The molecule has 5 N–H and O–H groups in total. The number of hydrogen-bond donors (Lipinski definition) is 4. The number of likely N-dealkylation sites (N-methyl/N-ethyl adjacent to an activating group) is 1. The highest BCUT2D eigenvalue weighted by Crippen LogP contribution is 2.37. The van der Waals surface area contributed by atoms with E-state index < -0.39 is 0 Å². The third-order valence-electron chi connectivity index (χ3n) is 6.06. The smallest absolute Gasteiger partial charge is 0.213 e. The minimum absolute atomic E-state index is 0.0137. The van der Waals surface area contributed by atoms with Crippen molar-refractivity contribution in [2.24, 2.45) is 10.7 Å². The molecule has 1 saturated heterocycles. The van der Waals surface area contributed by atoms with E-state index in [4.69, 9.17) is 17.3 Å². The molecule has 2 aliphatic rings. The first-order chi connectivity index (χ1) is 16.8. The summed E-state index contributed by atoms with van der Waals surface area (Å²) in [7, 11) is 1.96. The quantitative estimate of drug-likeness (QED) is 0.329. The summed E-state index contributed by atoms with van der Waals surface area (Å²) in [5.41, 5.74) is 11.2. The van der Waals surface area contributed by atoms with E-state index in [0.717, 1.165) is 19.4 Å². The van der Waals surface area contributed by atoms with Crippen LogP contribution in [0, 0.1) is 22.7 Å². The van der Waals surface area contributed by atoms with Gasteiger partial charge in [0.25, 0.3) is 0 Å². The van der Waals surface area contributed by atoms with Crippen LogP contribution in [0.15, 0.2) is 29.9 Å². The van der Waals surface area contributed by atoms with Crippen LogP contribution in [0.1, 0.15) is 29.9 Å². The molecule has 1 unspecified atom stereocenters. The van der Waals surface area contributed by atoms with Crippen LogP contribution in [0.3, 0.4) is 0 Å². The molecule has 0 spiro atoms. The van der Waals surface area contributed by atoms with Gasteiger partial charge < -0.3 is 21.1 Å². The number of imidazole rings is 1. The molecule has 1 aliphatic heterocycles. The number of nitriles is 2. The van der Waals surface area contributed by atoms with Crippen LogP contribution in [-0.2, 0) is 0 Å². The van der Waals surface area contributed by atoms with E-state index in [2.05, 4.69) is 44.3 Å². The summed E-state index contributed by atoms with van der Waals surface area (Å²) in [6.45, 7) is 6.00. The van der Waals surface area contributed by atoms with Gasteiger partial charge >= 0.3 is 0 Å². The maximum atomic E-state index is 9.71. The van der Waals surface area contributed by atoms with Gasteiger partial charge in [-0.05, 0) is 32.0 Å². The van der Waals surface area contributed by atoms with Crippen molar-refractivity contribution in [1.82, 2.24) is 19.9 Å². The number of rotatable bonds is 7. The fourth-order valence-electron chi connectivity index (χ4n) is 3.90. The summed E-state index contributed by atoms with van der Waals surface area (Å²) >= 11 is 6.72. The van der Waals surface area contributed by atoms with Crippen molar-refractivity contribution in [2.75, 3.05) is 43.6 Å². The first kappa shape index (κ1) is 24.4. The first-order valence-electron chi connectivity index (χ1n) is 11.2. The Morgan fingerprint density at radius 2 is 2.11 bits per heavy atom. The molecule has 4 rings (SSSR count). The molecule has 35 heavy (non-hydrogen) atoms. The number of nitrogens with zero attached hydrogens (tertiary/aromatic N) is 7. The summed E-state index contributed by atoms with van der Waals surface area (Å²) in [5, 5.41) is 32.4. The molecule has 182 valence electrons. The molecule has 0 amide bonds. The van der Waals surface area contributed by atoms with Gasteiger partial charge in [0.15, 0.2) is 11.5 Å². The first-order valence-corrected chi connectivity index (χ1v) is 11.6. The number of aliphatic hydroxyl groups is 1. The highest BCUT2D eigenvalue weighted by Gasteiger charge is 2.27. The average molecular weight is 495 g/mol. The molecule has 2 fully saturated rings. The number of halogens is 1. The molecule has 1 atom stereocenters. The lowest BCUT2D eigenvalue weighted by Gasteiger charge is -2.40. The lowest BCUT2D eigenvalue weighted by molar-refractivity contribution is 0.135. The fraction of sp³-hybridized carbons (Fsp3) is 0.391. The standard InChI is InChI=1S/C23H27ClN10O/c1-14(29-16-3-4-16)22-28-11-17(10-26)34(22)31-23(27)30-19-7-15(9-25)8-20(21(19)24)33-6-5-32(2)18(12-33)13-35/h7-8,11,16,18,29,35H,1,3-6,12-13H2,2H3,(H3,27,30,31). The Kier molecular flexibility index (Phi) is 7.12. The van der Waals surface area contributed by atoms with Crippen LogP contribution in [0.25, 0.3) is 5.70 Å². The highest BCUT2D eigenvalue weighted by atomic mass is 35.5.